The minimum Gasteiger partial charge on any atom is -0.379 e. The summed E-state index contributed by atoms with van der Waals surface area (Å²) in [6.45, 7) is 10.8. The number of pyridine rings is 1. The van der Waals surface area contributed by atoms with E-state index >= 15 is 0 Å². The van der Waals surface area contributed by atoms with Crippen molar-refractivity contribution in [2.45, 2.75) is 19.9 Å². The number of aromatic nitrogens is 1. The number of nitrogens with one attached hydrogen (secondary N) is 1. The van der Waals surface area contributed by atoms with E-state index in [-0.39, 0.29) is 0 Å². The number of hydrogen-bond acceptors (Lipinski definition) is 5. The molecular formula is C24H36N6O. The van der Waals surface area contributed by atoms with Gasteiger partial charge in [-0.3, -0.25) is 4.90 Å². The van der Waals surface area contributed by atoms with Gasteiger partial charge in [0.15, 0.2) is 5.96 Å². The SMILES string of the molecule is CCNC(=NCc1cc(N(C)C)nc2ccccc12)N1CCC(CN2CCOCC2)C1. The van der Waals surface area contributed by atoms with Crippen LogP contribution in [0.4, 0.5) is 5.82 Å². The molecule has 1 unspecified atom stereocenters. The Kier molecular flexibility index (Phi) is 7.25. The van der Waals surface area contributed by atoms with E-state index in [9.17, 15) is 0 Å². The maximum absolute atomic E-state index is 5.49. The number of likely N-dealkylation sites (tertiary alicyclic amines) is 1. The highest BCUT2D eigenvalue weighted by Crippen LogP contribution is 2.23. The van der Waals surface area contributed by atoms with Gasteiger partial charge < -0.3 is 19.9 Å². The number of morpholine rings is 1. The first-order valence-corrected chi connectivity index (χ1v) is 11.5. The normalized spacial score (nSPS) is 20.4. The van der Waals surface area contributed by atoms with Crippen LogP contribution >= 0.6 is 0 Å². The van der Waals surface area contributed by atoms with Crippen LogP contribution < -0.4 is 10.2 Å². The molecule has 2 aliphatic heterocycles. The molecule has 1 atom stereocenters. The lowest BCUT2D eigenvalue weighted by molar-refractivity contribution is 0.0315. The summed E-state index contributed by atoms with van der Waals surface area (Å²) in [6, 6.07) is 10.5. The van der Waals surface area contributed by atoms with Crippen LogP contribution in [0.1, 0.15) is 18.9 Å². The molecule has 1 aromatic heterocycles. The first-order chi connectivity index (χ1) is 15.1. The van der Waals surface area contributed by atoms with Crippen molar-refractivity contribution in [3.05, 3.63) is 35.9 Å². The minimum atomic E-state index is 0.650. The molecule has 2 aromatic rings. The molecule has 0 radical (unpaired) electrons. The molecule has 1 N–H and O–H groups in total. The summed E-state index contributed by atoms with van der Waals surface area (Å²) in [5.74, 6) is 2.70. The van der Waals surface area contributed by atoms with E-state index < -0.39 is 0 Å². The predicted molar refractivity (Wildman–Crippen MR) is 128 cm³/mol. The van der Waals surface area contributed by atoms with E-state index in [1.807, 2.05) is 20.2 Å². The van der Waals surface area contributed by atoms with Crippen molar-refractivity contribution >= 4 is 22.7 Å². The van der Waals surface area contributed by atoms with Gasteiger partial charge in [-0.05, 0) is 37.0 Å². The molecule has 0 aliphatic carbocycles. The first-order valence-electron chi connectivity index (χ1n) is 11.5. The number of aliphatic imine (C=N–C) groups is 1. The monoisotopic (exact) mass is 424 g/mol. The second-order valence-electron chi connectivity index (χ2n) is 8.74. The summed E-state index contributed by atoms with van der Waals surface area (Å²) in [5.41, 5.74) is 2.24. The van der Waals surface area contributed by atoms with Crippen LogP contribution in [-0.2, 0) is 11.3 Å². The van der Waals surface area contributed by atoms with Crippen LogP contribution in [0.3, 0.4) is 0 Å². The van der Waals surface area contributed by atoms with Crippen molar-refractivity contribution < 1.29 is 4.74 Å². The zero-order valence-corrected chi connectivity index (χ0v) is 19.2. The van der Waals surface area contributed by atoms with Gasteiger partial charge in [0, 0.05) is 58.8 Å². The maximum Gasteiger partial charge on any atom is 0.194 e. The van der Waals surface area contributed by atoms with Gasteiger partial charge >= 0.3 is 0 Å². The third kappa shape index (κ3) is 5.46. The van der Waals surface area contributed by atoms with Crippen molar-refractivity contribution in [2.75, 3.05) is 71.5 Å². The molecule has 7 nitrogen and oxygen atoms in total. The van der Waals surface area contributed by atoms with Crippen molar-refractivity contribution in [3.8, 4) is 0 Å². The van der Waals surface area contributed by atoms with E-state index in [0.29, 0.717) is 12.5 Å². The molecule has 1 aromatic carbocycles. The van der Waals surface area contributed by atoms with Crippen LogP contribution in [0.5, 0.6) is 0 Å². The first kappa shape index (κ1) is 21.8. The lowest BCUT2D eigenvalue weighted by Crippen LogP contribution is -2.42. The highest BCUT2D eigenvalue weighted by Gasteiger charge is 2.27. The number of rotatable bonds is 6. The number of para-hydroxylation sites is 1. The third-order valence-electron chi connectivity index (χ3n) is 6.19. The zero-order valence-electron chi connectivity index (χ0n) is 19.2. The molecule has 2 fully saturated rings. The van der Waals surface area contributed by atoms with Crippen molar-refractivity contribution in [3.63, 3.8) is 0 Å². The fourth-order valence-electron chi connectivity index (χ4n) is 4.50. The standard InChI is InChI=1S/C24H36N6O/c1-4-25-24(30-10-9-19(18-30)17-29-11-13-31-14-12-29)26-16-20-15-23(28(2)3)27-22-8-6-5-7-21(20)22/h5-8,15,19H,4,9-14,16-18H2,1-3H3,(H,25,26). The van der Waals surface area contributed by atoms with Crippen LogP contribution in [-0.4, -0.2) is 87.3 Å². The number of fused-ring (bicyclic) bond motifs is 1. The minimum absolute atomic E-state index is 0.650. The topological polar surface area (TPSA) is 56.2 Å². The van der Waals surface area contributed by atoms with E-state index in [1.54, 1.807) is 0 Å². The second kappa shape index (κ2) is 10.3. The molecule has 31 heavy (non-hydrogen) atoms. The fourth-order valence-corrected chi connectivity index (χ4v) is 4.50. The molecule has 2 saturated heterocycles. The van der Waals surface area contributed by atoms with Crippen LogP contribution in [0.15, 0.2) is 35.3 Å². The Morgan fingerprint density at radius 2 is 2.03 bits per heavy atom. The van der Waals surface area contributed by atoms with Gasteiger partial charge in [0.2, 0.25) is 0 Å². The van der Waals surface area contributed by atoms with Gasteiger partial charge in [0.05, 0.1) is 25.3 Å². The van der Waals surface area contributed by atoms with Gasteiger partial charge in [-0.25, -0.2) is 9.98 Å². The van der Waals surface area contributed by atoms with Crippen molar-refractivity contribution in [1.29, 1.82) is 0 Å². The lowest BCUT2D eigenvalue weighted by atomic mass is 10.1. The number of guanidine groups is 1. The van der Waals surface area contributed by atoms with E-state index in [2.05, 4.69) is 51.2 Å². The smallest absolute Gasteiger partial charge is 0.194 e. The maximum atomic E-state index is 5.49. The Balaban J connectivity index is 1.48. The summed E-state index contributed by atoms with van der Waals surface area (Å²) >= 11 is 0. The lowest BCUT2D eigenvalue weighted by Gasteiger charge is -2.29. The van der Waals surface area contributed by atoms with E-state index in [4.69, 9.17) is 14.7 Å². The van der Waals surface area contributed by atoms with Gasteiger partial charge in [-0.1, -0.05) is 18.2 Å². The second-order valence-corrected chi connectivity index (χ2v) is 8.74. The Hall–Kier alpha value is -2.38. The van der Waals surface area contributed by atoms with Crippen molar-refractivity contribution in [2.24, 2.45) is 10.9 Å². The van der Waals surface area contributed by atoms with E-state index in [0.717, 1.165) is 63.2 Å². The molecule has 4 rings (SSSR count). The molecule has 168 valence electrons. The predicted octanol–water partition coefficient (Wildman–Crippen LogP) is 2.42. The molecular weight excluding hydrogens is 388 g/mol. The van der Waals surface area contributed by atoms with Gasteiger partial charge in [-0.15, -0.1) is 0 Å². The Morgan fingerprint density at radius 1 is 1.23 bits per heavy atom. The Labute approximate surface area is 186 Å². The molecule has 2 aliphatic rings. The largest absolute Gasteiger partial charge is 0.379 e. The van der Waals surface area contributed by atoms with Gasteiger partial charge in [-0.2, -0.15) is 0 Å². The third-order valence-corrected chi connectivity index (χ3v) is 6.19. The zero-order chi connectivity index (χ0) is 21.6. The number of ether oxygens (including phenoxy) is 1. The van der Waals surface area contributed by atoms with Crippen molar-refractivity contribution in [1.82, 2.24) is 20.1 Å². The van der Waals surface area contributed by atoms with Crippen LogP contribution in [0.25, 0.3) is 10.9 Å². The summed E-state index contributed by atoms with van der Waals surface area (Å²) in [7, 11) is 4.07. The average Bonchev–Trinajstić information content (AvgIpc) is 3.25. The molecule has 0 amide bonds. The fraction of sp³-hybridized carbons (Fsp3) is 0.583. The summed E-state index contributed by atoms with van der Waals surface area (Å²) < 4.78 is 5.49. The summed E-state index contributed by atoms with van der Waals surface area (Å²) in [4.78, 5) is 16.9. The quantitative estimate of drug-likeness (QED) is 0.568. The molecule has 3 heterocycles. The number of benzene rings is 1. The molecule has 7 heteroatoms. The summed E-state index contributed by atoms with van der Waals surface area (Å²) in [6.07, 6.45) is 1.23. The van der Waals surface area contributed by atoms with Gasteiger partial charge in [0.25, 0.3) is 0 Å². The van der Waals surface area contributed by atoms with Crippen LogP contribution in [0.2, 0.25) is 0 Å². The number of hydrogen-bond donors (Lipinski definition) is 1. The van der Waals surface area contributed by atoms with E-state index in [1.165, 1.54) is 23.9 Å². The van der Waals surface area contributed by atoms with Crippen LogP contribution in [0, 0.1) is 5.92 Å². The average molecular weight is 425 g/mol. The highest BCUT2D eigenvalue weighted by molar-refractivity contribution is 5.85. The number of anilines is 1. The molecule has 0 spiro atoms. The van der Waals surface area contributed by atoms with Gasteiger partial charge in [0.1, 0.15) is 5.82 Å². The summed E-state index contributed by atoms with van der Waals surface area (Å²) in [5, 5.41) is 4.70. The highest BCUT2D eigenvalue weighted by atomic mass is 16.5. The number of nitrogens with zero attached hydrogens (tertiary/aromatic N) is 5. The molecule has 0 bridgehead atoms. The molecule has 0 saturated carbocycles. The Bertz CT molecular complexity index is 893. The Morgan fingerprint density at radius 3 is 2.81 bits per heavy atom.